The Morgan fingerprint density at radius 3 is 2.43 bits per heavy atom. The van der Waals surface area contributed by atoms with Crippen LogP contribution in [0, 0.1) is 0 Å². The molecule has 0 fully saturated rings. The van der Waals surface area contributed by atoms with Crippen molar-refractivity contribution in [1.29, 1.82) is 0 Å². The van der Waals surface area contributed by atoms with Crippen LogP contribution >= 0.6 is 0 Å². The standard InChI is InChI=1S/C12H19NO/c1-3-11-4-6-12(7-5-11)10(2)13-8-9-14/h4-7,10,13-14H,3,8-9H2,1-2H3/t10-/m1/s1. The Labute approximate surface area is 86.0 Å². The third kappa shape index (κ3) is 3.13. The molecule has 1 rings (SSSR count). The molecule has 78 valence electrons. The molecule has 0 saturated heterocycles. The molecule has 0 amide bonds. The highest BCUT2D eigenvalue weighted by Crippen LogP contribution is 2.13. The van der Waals surface area contributed by atoms with E-state index >= 15 is 0 Å². The normalized spacial score (nSPS) is 12.8. The molecule has 0 bridgehead atoms. The zero-order chi connectivity index (χ0) is 10.4. The van der Waals surface area contributed by atoms with Crippen molar-refractivity contribution in [2.24, 2.45) is 0 Å². The number of hydrogen-bond donors (Lipinski definition) is 2. The molecule has 1 atom stereocenters. The summed E-state index contributed by atoms with van der Waals surface area (Å²) in [5.41, 5.74) is 2.64. The van der Waals surface area contributed by atoms with Crippen molar-refractivity contribution < 1.29 is 5.11 Å². The van der Waals surface area contributed by atoms with Gasteiger partial charge in [0.2, 0.25) is 0 Å². The van der Waals surface area contributed by atoms with Gasteiger partial charge in [-0.2, -0.15) is 0 Å². The molecule has 0 spiro atoms. The van der Waals surface area contributed by atoms with Crippen LogP contribution in [-0.2, 0) is 6.42 Å². The van der Waals surface area contributed by atoms with Gasteiger partial charge in [-0.05, 0) is 24.5 Å². The number of rotatable bonds is 5. The lowest BCUT2D eigenvalue weighted by Gasteiger charge is -2.13. The number of aryl methyl sites for hydroxylation is 1. The molecular weight excluding hydrogens is 174 g/mol. The van der Waals surface area contributed by atoms with Crippen LogP contribution in [0.25, 0.3) is 0 Å². The SMILES string of the molecule is CCc1ccc([C@@H](C)NCCO)cc1. The third-order valence-corrected chi connectivity index (χ3v) is 2.45. The molecule has 14 heavy (non-hydrogen) atoms. The van der Waals surface area contributed by atoms with Crippen LogP contribution in [0.5, 0.6) is 0 Å². The molecule has 0 radical (unpaired) electrons. The van der Waals surface area contributed by atoms with E-state index < -0.39 is 0 Å². The van der Waals surface area contributed by atoms with Gasteiger partial charge >= 0.3 is 0 Å². The van der Waals surface area contributed by atoms with Gasteiger partial charge in [0.1, 0.15) is 0 Å². The quantitative estimate of drug-likeness (QED) is 0.748. The summed E-state index contributed by atoms with van der Waals surface area (Å²) in [5, 5.41) is 11.9. The van der Waals surface area contributed by atoms with Crippen molar-refractivity contribution in [2.75, 3.05) is 13.2 Å². The van der Waals surface area contributed by atoms with Crippen LogP contribution in [-0.4, -0.2) is 18.3 Å². The second kappa shape index (κ2) is 5.78. The van der Waals surface area contributed by atoms with Gasteiger partial charge in [-0.1, -0.05) is 31.2 Å². The second-order valence-corrected chi connectivity index (χ2v) is 3.49. The maximum Gasteiger partial charge on any atom is 0.0556 e. The summed E-state index contributed by atoms with van der Waals surface area (Å²) in [7, 11) is 0. The highest BCUT2D eigenvalue weighted by molar-refractivity contribution is 5.24. The fourth-order valence-corrected chi connectivity index (χ4v) is 1.44. The minimum absolute atomic E-state index is 0.192. The Morgan fingerprint density at radius 1 is 1.29 bits per heavy atom. The van der Waals surface area contributed by atoms with E-state index in [2.05, 4.69) is 43.4 Å². The van der Waals surface area contributed by atoms with Gasteiger partial charge in [-0.15, -0.1) is 0 Å². The highest BCUT2D eigenvalue weighted by atomic mass is 16.3. The van der Waals surface area contributed by atoms with Crippen LogP contribution in [0.15, 0.2) is 24.3 Å². The molecule has 0 saturated carbocycles. The third-order valence-electron chi connectivity index (χ3n) is 2.45. The van der Waals surface area contributed by atoms with Gasteiger partial charge in [0.05, 0.1) is 6.61 Å². The summed E-state index contributed by atoms with van der Waals surface area (Å²) in [6, 6.07) is 8.92. The lowest BCUT2D eigenvalue weighted by atomic mass is 10.1. The van der Waals surface area contributed by atoms with Gasteiger partial charge in [0.25, 0.3) is 0 Å². The predicted octanol–water partition coefficient (Wildman–Crippen LogP) is 1.89. The molecule has 0 unspecified atom stereocenters. The van der Waals surface area contributed by atoms with Crippen LogP contribution in [0.1, 0.15) is 31.0 Å². The lowest BCUT2D eigenvalue weighted by Crippen LogP contribution is -2.21. The van der Waals surface area contributed by atoms with E-state index in [1.807, 2.05) is 0 Å². The van der Waals surface area contributed by atoms with E-state index in [9.17, 15) is 0 Å². The average Bonchev–Trinajstić information content (AvgIpc) is 2.26. The number of aliphatic hydroxyl groups is 1. The van der Waals surface area contributed by atoms with E-state index in [0.29, 0.717) is 12.6 Å². The monoisotopic (exact) mass is 193 g/mol. The van der Waals surface area contributed by atoms with Crippen LogP contribution in [0.3, 0.4) is 0 Å². The number of aliphatic hydroxyl groups excluding tert-OH is 1. The first-order chi connectivity index (χ1) is 6.77. The summed E-state index contributed by atoms with van der Waals surface area (Å²) in [6.45, 7) is 5.10. The summed E-state index contributed by atoms with van der Waals surface area (Å²) in [5.74, 6) is 0. The molecule has 2 heteroatoms. The van der Waals surface area contributed by atoms with Crippen LogP contribution in [0.2, 0.25) is 0 Å². The topological polar surface area (TPSA) is 32.3 Å². The Hall–Kier alpha value is -0.860. The zero-order valence-corrected chi connectivity index (χ0v) is 8.96. The fraction of sp³-hybridized carbons (Fsp3) is 0.500. The van der Waals surface area contributed by atoms with Crippen LogP contribution in [0.4, 0.5) is 0 Å². The van der Waals surface area contributed by atoms with Crippen molar-refractivity contribution in [3.05, 3.63) is 35.4 Å². The maximum atomic E-state index is 8.68. The zero-order valence-electron chi connectivity index (χ0n) is 8.96. The predicted molar refractivity (Wildman–Crippen MR) is 59.3 cm³/mol. The summed E-state index contributed by atoms with van der Waals surface area (Å²) < 4.78 is 0. The Morgan fingerprint density at radius 2 is 1.93 bits per heavy atom. The Bertz CT molecular complexity index is 256. The van der Waals surface area contributed by atoms with Crippen molar-refractivity contribution in [2.45, 2.75) is 26.3 Å². The minimum atomic E-state index is 0.192. The van der Waals surface area contributed by atoms with Gasteiger partial charge in [-0.3, -0.25) is 0 Å². The molecule has 1 aromatic carbocycles. The first-order valence-electron chi connectivity index (χ1n) is 5.21. The molecule has 2 N–H and O–H groups in total. The molecule has 0 aliphatic heterocycles. The van der Waals surface area contributed by atoms with E-state index in [-0.39, 0.29) is 6.61 Å². The average molecular weight is 193 g/mol. The largest absolute Gasteiger partial charge is 0.395 e. The fourth-order valence-electron chi connectivity index (χ4n) is 1.44. The lowest BCUT2D eigenvalue weighted by molar-refractivity contribution is 0.286. The van der Waals surface area contributed by atoms with Crippen LogP contribution < -0.4 is 5.32 Å². The van der Waals surface area contributed by atoms with E-state index in [4.69, 9.17) is 5.11 Å². The molecule has 0 heterocycles. The molecule has 1 aromatic rings. The number of benzene rings is 1. The Kier molecular flexibility index (Phi) is 4.63. The second-order valence-electron chi connectivity index (χ2n) is 3.49. The minimum Gasteiger partial charge on any atom is -0.395 e. The van der Waals surface area contributed by atoms with E-state index in [1.165, 1.54) is 11.1 Å². The number of nitrogens with one attached hydrogen (secondary N) is 1. The molecular formula is C12H19NO. The van der Waals surface area contributed by atoms with Crippen molar-refractivity contribution in [3.8, 4) is 0 Å². The van der Waals surface area contributed by atoms with Gasteiger partial charge in [0.15, 0.2) is 0 Å². The van der Waals surface area contributed by atoms with Gasteiger partial charge in [-0.25, -0.2) is 0 Å². The Balaban J connectivity index is 2.57. The maximum absolute atomic E-state index is 8.68. The summed E-state index contributed by atoms with van der Waals surface area (Å²) in [4.78, 5) is 0. The first-order valence-corrected chi connectivity index (χ1v) is 5.21. The first kappa shape index (κ1) is 11.2. The summed E-state index contributed by atoms with van der Waals surface area (Å²) >= 11 is 0. The molecule has 2 nitrogen and oxygen atoms in total. The smallest absolute Gasteiger partial charge is 0.0556 e. The van der Waals surface area contributed by atoms with Crippen molar-refractivity contribution >= 4 is 0 Å². The molecule has 0 aromatic heterocycles. The van der Waals surface area contributed by atoms with Gasteiger partial charge < -0.3 is 10.4 Å². The molecule has 0 aliphatic carbocycles. The summed E-state index contributed by atoms with van der Waals surface area (Å²) in [6.07, 6.45) is 1.08. The molecule has 0 aliphatic rings. The number of hydrogen-bond acceptors (Lipinski definition) is 2. The van der Waals surface area contributed by atoms with Crippen molar-refractivity contribution in [1.82, 2.24) is 5.32 Å². The van der Waals surface area contributed by atoms with Crippen molar-refractivity contribution in [3.63, 3.8) is 0 Å². The van der Waals surface area contributed by atoms with Gasteiger partial charge in [0, 0.05) is 12.6 Å². The van der Waals surface area contributed by atoms with E-state index in [0.717, 1.165) is 6.42 Å². The van der Waals surface area contributed by atoms with E-state index in [1.54, 1.807) is 0 Å². The highest BCUT2D eigenvalue weighted by Gasteiger charge is 2.02.